The van der Waals surface area contributed by atoms with E-state index in [1.807, 2.05) is 6.92 Å². The molecule has 1 aliphatic rings. The summed E-state index contributed by atoms with van der Waals surface area (Å²) in [6, 6.07) is 4.15. The summed E-state index contributed by atoms with van der Waals surface area (Å²) in [4.78, 5) is 28.2. The highest BCUT2D eigenvalue weighted by molar-refractivity contribution is 7.80. The smallest absolute Gasteiger partial charge is 0.409 e. The molecular weight excluding hydrogens is 494 g/mol. The maximum Gasteiger partial charge on any atom is 0.409 e. The molecule has 0 spiro atoms. The van der Waals surface area contributed by atoms with Crippen LogP contribution in [0, 0.1) is 13.8 Å². The van der Waals surface area contributed by atoms with Crippen molar-refractivity contribution in [1.29, 1.82) is 0 Å². The molecule has 1 saturated heterocycles. The van der Waals surface area contributed by atoms with Crippen LogP contribution in [0.1, 0.15) is 31.1 Å². The lowest BCUT2D eigenvalue weighted by atomic mass is 10.2. The topological polar surface area (TPSA) is 101 Å². The van der Waals surface area contributed by atoms with Crippen molar-refractivity contribution in [1.82, 2.24) is 19.6 Å². The van der Waals surface area contributed by atoms with E-state index in [-0.39, 0.29) is 22.9 Å². The van der Waals surface area contributed by atoms with Crippen molar-refractivity contribution < 1.29 is 27.8 Å². The van der Waals surface area contributed by atoms with E-state index in [1.54, 1.807) is 53.6 Å². The molecule has 0 bridgehead atoms. The van der Waals surface area contributed by atoms with E-state index in [1.165, 1.54) is 6.07 Å². The molecule has 0 saturated carbocycles. The van der Waals surface area contributed by atoms with Crippen LogP contribution >= 0.6 is 12.2 Å². The molecule has 2 N–H and O–H groups in total. The number of nitrogens with zero attached hydrogens (tertiary/aromatic N) is 4. The number of rotatable bonds is 7. The normalized spacial score (nSPS) is 14.4. The largest absolute Gasteiger partial charge is 0.450 e. The van der Waals surface area contributed by atoms with Crippen LogP contribution in [-0.2, 0) is 9.53 Å². The first kappa shape index (κ1) is 27.1. The van der Waals surface area contributed by atoms with E-state index in [2.05, 4.69) is 20.5 Å². The van der Waals surface area contributed by atoms with Gasteiger partial charge in [-0.25, -0.2) is 4.79 Å². The Bertz CT molecular complexity index is 1100. The highest BCUT2D eigenvalue weighted by atomic mass is 32.1. The highest BCUT2D eigenvalue weighted by Crippen LogP contribution is 2.28. The minimum atomic E-state index is -2.97. The Hall–Kier alpha value is -3.48. The Morgan fingerprint density at radius 1 is 1.11 bits per heavy atom. The zero-order valence-electron chi connectivity index (χ0n) is 20.6. The SMILES string of the molecule is CCOC(=O)N1CCN(C(=O)C(C)n2cc(NC(=S)Nc3cc(C)ccc3OC(F)F)c(C)n2)CC1. The summed E-state index contributed by atoms with van der Waals surface area (Å²) in [6.45, 7) is 6.01. The molecule has 1 aliphatic heterocycles. The molecular formula is C23H30F2N6O4S. The third kappa shape index (κ3) is 6.80. The Morgan fingerprint density at radius 3 is 2.39 bits per heavy atom. The number of anilines is 2. The number of aryl methyl sites for hydroxylation is 2. The first-order valence-corrected chi connectivity index (χ1v) is 11.9. The zero-order chi connectivity index (χ0) is 26.4. The van der Waals surface area contributed by atoms with Gasteiger partial charge in [-0.3, -0.25) is 9.48 Å². The number of thiocarbonyl (C=S) groups is 1. The number of benzene rings is 1. The first-order valence-electron chi connectivity index (χ1n) is 11.5. The standard InChI is InChI=1S/C23H30F2N6O4S/c1-5-34-23(33)30-10-8-29(9-11-30)20(32)16(4)31-13-18(15(3)28-31)27-22(36)26-17-12-14(2)6-7-19(17)35-21(24)25/h6-7,12-13,16,21H,5,8-11H2,1-4H3,(H2,26,27,36). The summed E-state index contributed by atoms with van der Waals surface area (Å²) >= 11 is 5.35. The molecule has 36 heavy (non-hydrogen) atoms. The fourth-order valence-electron chi connectivity index (χ4n) is 3.72. The molecule has 2 heterocycles. The lowest BCUT2D eigenvalue weighted by molar-refractivity contribution is -0.136. The minimum Gasteiger partial charge on any atom is -0.450 e. The fraction of sp³-hybridized carbons (Fsp3) is 0.478. The van der Waals surface area contributed by atoms with Gasteiger partial charge in [0.2, 0.25) is 5.91 Å². The number of amides is 2. The monoisotopic (exact) mass is 524 g/mol. The van der Waals surface area contributed by atoms with Gasteiger partial charge < -0.3 is 29.9 Å². The number of hydrogen-bond acceptors (Lipinski definition) is 6. The summed E-state index contributed by atoms with van der Waals surface area (Å²) in [5, 5.41) is 10.5. The molecule has 0 aliphatic carbocycles. The molecule has 13 heteroatoms. The summed E-state index contributed by atoms with van der Waals surface area (Å²) < 4.78 is 36.6. The number of halogens is 2. The van der Waals surface area contributed by atoms with E-state index >= 15 is 0 Å². The van der Waals surface area contributed by atoms with Crippen LogP contribution in [0.4, 0.5) is 25.0 Å². The van der Waals surface area contributed by atoms with E-state index < -0.39 is 12.7 Å². The van der Waals surface area contributed by atoms with Crippen molar-refractivity contribution >= 4 is 40.7 Å². The van der Waals surface area contributed by atoms with Gasteiger partial charge in [-0.15, -0.1) is 0 Å². The van der Waals surface area contributed by atoms with Crippen LogP contribution in [-0.4, -0.2) is 76.1 Å². The number of nitrogens with one attached hydrogen (secondary N) is 2. The average molecular weight is 525 g/mol. The predicted molar refractivity (Wildman–Crippen MR) is 135 cm³/mol. The maximum atomic E-state index is 13.0. The molecule has 10 nitrogen and oxygen atoms in total. The van der Waals surface area contributed by atoms with Crippen LogP contribution in [0.15, 0.2) is 24.4 Å². The highest BCUT2D eigenvalue weighted by Gasteiger charge is 2.29. The summed E-state index contributed by atoms with van der Waals surface area (Å²) in [6.07, 6.45) is 1.28. The van der Waals surface area contributed by atoms with Gasteiger partial charge in [-0.1, -0.05) is 6.07 Å². The summed E-state index contributed by atoms with van der Waals surface area (Å²) in [5.41, 5.74) is 2.28. The molecule has 3 rings (SSSR count). The van der Waals surface area contributed by atoms with Crippen molar-refractivity contribution in [2.24, 2.45) is 0 Å². The number of carbonyl (C=O) groups excluding carboxylic acids is 2. The van der Waals surface area contributed by atoms with Gasteiger partial charge >= 0.3 is 12.7 Å². The van der Waals surface area contributed by atoms with Gasteiger partial charge in [0, 0.05) is 32.4 Å². The lowest BCUT2D eigenvalue weighted by Crippen LogP contribution is -2.52. The fourth-order valence-corrected chi connectivity index (χ4v) is 3.94. The van der Waals surface area contributed by atoms with Crippen LogP contribution in [0.3, 0.4) is 0 Å². The Morgan fingerprint density at radius 2 is 1.75 bits per heavy atom. The number of hydrogen-bond donors (Lipinski definition) is 2. The van der Waals surface area contributed by atoms with E-state index in [9.17, 15) is 18.4 Å². The minimum absolute atomic E-state index is 0.0329. The maximum absolute atomic E-state index is 13.0. The van der Waals surface area contributed by atoms with Crippen molar-refractivity contribution in [3.05, 3.63) is 35.7 Å². The second kappa shape index (κ2) is 12.0. The van der Waals surface area contributed by atoms with Gasteiger partial charge in [0.05, 0.1) is 23.7 Å². The second-order valence-electron chi connectivity index (χ2n) is 8.25. The van der Waals surface area contributed by atoms with Crippen LogP contribution < -0.4 is 15.4 Å². The summed E-state index contributed by atoms with van der Waals surface area (Å²) in [5.74, 6) is -0.156. The molecule has 2 amide bonds. The van der Waals surface area contributed by atoms with Gasteiger partial charge in [-0.05, 0) is 57.6 Å². The van der Waals surface area contributed by atoms with Crippen molar-refractivity contribution in [2.75, 3.05) is 43.4 Å². The van der Waals surface area contributed by atoms with Crippen LogP contribution in [0.5, 0.6) is 5.75 Å². The lowest BCUT2D eigenvalue weighted by Gasteiger charge is -2.35. The second-order valence-corrected chi connectivity index (χ2v) is 8.66. The average Bonchev–Trinajstić information content (AvgIpc) is 3.19. The third-order valence-electron chi connectivity index (χ3n) is 5.64. The Kier molecular flexibility index (Phi) is 9.02. The van der Waals surface area contributed by atoms with Crippen LogP contribution in [0.25, 0.3) is 0 Å². The predicted octanol–water partition coefficient (Wildman–Crippen LogP) is 3.77. The van der Waals surface area contributed by atoms with Gasteiger partial charge in [0.1, 0.15) is 11.8 Å². The number of ether oxygens (including phenoxy) is 2. The van der Waals surface area contributed by atoms with Gasteiger partial charge in [0.25, 0.3) is 0 Å². The molecule has 2 aromatic rings. The molecule has 196 valence electrons. The molecule has 0 radical (unpaired) electrons. The number of piperazine rings is 1. The van der Waals surface area contributed by atoms with E-state index in [4.69, 9.17) is 17.0 Å². The quantitative estimate of drug-likeness (QED) is 0.528. The number of aromatic nitrogens is 2. The van der Waals surface area contributed by atoms with E-state index in [0.717, 1.165) is 5.56 Å². The van der Waals surface area contributed by atoms with Crippen LogP contribution in [0.2, 0.25) is 0 Å². The van der Waals surface area contributed by atoms with Crippen molar-refractivity contribution in [3.8, 4) is 5.75 Å². The van der Waals surface area contributed by atoms with E-state index in [0.29, 0.717) is 49.9 Å². The van der Waals surface area contributed by atoms with Gasteiger partial charge in [-0.2, -0.15) is 13.9 Å². The zero-order valence-corrected chi connectivity index (χ0v) is 21.4. The molecule has 1 aromatic carbocycles. The molecule has 1 atom stereocenters. The van der Waals surface area contributed by atoms with Crippen molar-refractivity contribution in [2.45, 2.75) is 40.3 Å². The molecule has 1 unspecified atom stereocenters. The first-order chi connectivity index (χ1) is 17.1. The summed E-state index contributed by atoms with van der Waals surface area (Å²) in [7, 11) is 0. The van der Waals surface area contributed by atoms with Crippen molar-refractivity contribution in [3.63, 3.8) is 0 Å². The molecule has 1 fully saturated rings. The number of carbonyl (C=O) groups is 2. The molecule has 1 aromatic heterocycles. The third-order valence-corrected chi connectivity index (χ3v) is 5.84. The Labute approximate surface area is 213 Å². The van der Waals surface area contributed by atoms with Gasteiger partial charge in [0.15, 0.2) is 5.11 Å². The Balaban J connectivity index is 1.62. The number of alkyl halides is 2.